The van der Waals surface area contributed by atoms with Crippen molar-refractivity contribution in [2.45, 2.75) is 32.6 Å². The van der Waals surface area contributed by atoms with Gasteiger partial charge in [0.15, 0.2) is 5.78 Å². The Kier molecular flexibility index (Phi) is 9.18. The minimum Gasteiger partial charge on any atom is -0.381 e. The summed E-state index contributed by atoms with van der Waals surface area (Å²) in [5.41, 5.74) is 7.40. The van der Waals surface area contributed by atoms with E-state index in [1.165, 1.54) is 0 Å². The third-order valence-electron chi connectivity index (χ3n) is 4.71. The lowest BCUT2D eigenvalue weighted by molar-refractivity contribution is 0.0968. The molecule has 1 aromatic rings. The van der Waals surface area contributed by atoms with Crippen molar-refractivity contribution in [1.82, 2.24) is 16.0 Å². The van der Waals surface area contributed by atoms with Crippen LogP contribution in [0.3, 0.4) is 0 Å². The van der Waals surface area contributed by atoms with Crippen LogP contribution in [0.2, 0.25) is 0 Å². The topological polar surface area (TPSA) is 96.2 Å². The number of fused-ring (bicyclic) bond motifs is 1. The highest BCUT2D eigenvalue weighted by Crippen LogP contribution is 2.24. The number of nitrogens with one attached hydrogen (secondary N) is 3. The highest BCUT2D eigenvalue weighted by molar-refractivity contribution is 6.26. The number of carbonyl (C=O) groups excluding carboxylic acids is 2. The van der Waals surface area contributed by atoms with E-state index < -0.39 is 0 Å². The third kappa shape index (κ3) is 6.27. The van der Waals surface area contributed by atoms with Crippen LogP contribution in [-0.2, 0) is 0 Å². The number of unbranched alkanes of at least 4 members (excludes halogenated alkanes) is 1. The largest absolute Gasteiger partial charge is 0.381 e. The second-order valence-electron chi connectivity index (χ2n) is 6.83. The molecule has 0 bridgehead atoms. The average Bonchev–Trinajstić information content (AvgIpc) is 2.69. The maximum absolute atomic E-state index is 12.6. The second-order valence-corrected chi connectivity index (χ2v) is 6.83. The van der Waals surface area contributed by atoms with Gasteiger partial charge in [0.1, 0.15) is 0 Å². The van der Waals surface area contributed by atoms with Crippen molar-refractivity contribution in [3.05, 3.63) is 46.7 Å². The van der Waals surface area contributed by atoms with Crippen molar-refractivity contribution in [2.24, 2.45) is 5.73 Å². The zero-order chi connectivity index (χ0) is 19.5. The van der Waals surface area contributed by atoms with Gasteiger partial charge in [-0.25, -0.2) is 0 Å². The van der Waals surface area contributed by atoms with Gasteiger partial charge in [-0.3, -0.25) is 9.59 Å². The van der Waals surface area contributed by atoms with Gasteiger partial charge in [0, 0.05) is 23.2 Å². The van der Waals surface area contributed by atoms with Gasteiger partial charge in [-0.15, -0.1) is 0 Å². The Labute approximate surface area is 162 Å². The zero-order valence-electron chi connectivity index (χ0n) is 16.3. The van der Waals surface area contributed by atoms with Crippen LogP contribution < -0.4 is 21.7 Å². The summed E-state index contributed by atoms with van der Waals surface area (Å²) in [7, 11) is 0. The van der Waals surface area contributed by atoms with Gasteiger partial charge in [-0.1, -0.05) is 24.3 Å². The second kappa shape index (κ2) is 11.6. The van der Waals surface area contributed by atoms with E-state index in [0.717, 1.165) is 58.4 Å². The minimum atomic E-state index is -0.0854. The molecule has 0 saturated carbocycles. The Balaban J connectivity index is 1.61. The Morgan fingerprint density at radius 1 is 0.778 bits per heavy atom. The number of Topliss-reactive ketones (excluding diaryl/α,β-unsaturated/α-hetero) is 2. The standard InChI is InChI=1S/C21H32N4O2/c1-16-19(21(27)18-9-3-2-8-17(18)20(16)26)25-15-7-14-24-12-5-4-11-23-13-6-10-22/h2-3,8-9,23-25H,4-7,10-15,22H2,1H3. The SMILES string of the molecule is CC1=C(NCCCNCCCCNCCCN)C(=O)c2ccccc2C1=O. The normalized spacial score (nSPS) is 13.9. The van der Waals surface area contributed by atoms with Crippen LogP contribution >= 0.6 is 0 Å². The maximum Gasteiger partial charge on any atom is 0.209 e. The van der Waals surface area contributed by atoms with Crippen LogP contribution in [-0.4, -0.2) is 50.8 Å². The van der Waals surface area contributed by atoms with Crippen molar-refractivity contribution in [3.63, 3.8) is 0 Å². The van der Waals surface area contributed by atoms with Crippen LogP contribution in [0.15, 0.2) is 35.5 Å². The Hall–Kier alpha value is -2.02. The Morgan fingerprint density at radius 2 is 1.33 bits per heavy atom. The summed E-state index contributed by atoms with van der Waals surface area (Å²) >= 11 is 0. The lowest BCUT2D eigenvalue weighted by Gasteiger charge is -2.20. The van der Waals surface area contributed by atoms with Crippen LogP contribution in [0, 0.1) is 0 Å². The van der Waals surface area contributed by atoms with Crippen molar-refractivity contribution >= 4 is 11.6 Å². The first-order chi connectivity index (χ1) is 13.2. The highest BCUT2D eigenvalue weighted by Gasteiger charge is 2.29. The maximum atomic E-state index is 12.6. The van der Waals surface area contributed by atoms with Gasteiger partial charge in [-0.05, 0) is 65.3 Å². The first-order valence-electron chi connectivity index (χ1n) is 9.91. The molecule has 0 radical (unpaired) electrons. The van der Waals surface area contributed by atoms with Gasteiger partial charge < -0.3 is 21.7 Å². The molecule has 27 heavy (non-hydrogen) atoms. The molecule has 2 rings (SSSR count). The van der Waals surface area contributed by atoms with Crippen molar-refractivity contribution in [2.75, 3.05) is 39.3 Å². The number of benzene rings is 1. The molecule has 0 amide bonds. The van der Waals surface area contributed by atoms with Gasteiger partial charge in [-0.2, -0.15) is 0 Å². The molecule has 1 aliphatic rings. The fraction of sp³-hybridized carbons (Fsp3) is 0.524. The van der Waals surface area contributed by atoms with E-state index in [0.29, 0.717) is 28.9 Å². The molecule has 0 aliphatic heterocycles. The average molecular weight is 373 g/mol. The fourth-order valence-electron chi connectivity index (χ4n) is 3.12. The number of carbonyl (C=O) groups is 2. The molecule has 148 valence electrons. The van der Waals surface area contributed by atoms with Crippen molar-refractivity contribution in [1.29, 1.82) is 0 Å². The van der Waals surface area contributed by atoms with E-state index in [1.807, 2.05) is 0 Å². The van der Waals surface area contributed by atoms with Crippen LogP contribution in [0.5, 0.6) is 0 Å². The highest BCUT2D eigenvalue weighted by atomic mass is 16.1. The number of hydrogen-bond acceptors (Lipinski definition) is 6. The van der Waals surface area contributed by atoms with E-state index in [9.17, 15) is 9.59 Å². The third-order valence-corrected chi connectivity index (χ3v) is 4.71. The summed E-state index contributed by atoms with van der Waals surface area (Å²) in [5, 5.41) is 9.96. The van der Waals surface area contributed by atoms with Gasteiger partial charge in [0.05, 0.1) is 5.70 Å². The first kappa shape index (κ1) is 21.3. The summed E-state index contributed by atoms with van der Waals surface area (Å²) in [4.78, 5) is 25.0. The molecule has 1 aromatic carbocycles. The lowest BCUT2D eigenvalue weighted by Crippen LogP contribution is -2.31. The van der Waals surface area contributed by atoms with E-state index in [4.69, 9.17) is 5.73 Å². The molecule has 0 saturated heterocycles. The van der Waals surface area contributed by atoms with Crippen LogP contribution in [0.4, 0.5) is 0 Å². The molecule has 0 fully saturated rings. The Bertz CT molecular complexity index is 670. The molecule has 5 N–H and O–H groups in total. The van der Waals surface area contributed by atoms with Gasteiger partial charge in [0.25, 0.3) is 0 Å². The summed E-state index contributed by atoms with van der Waals surface area (Å²) in [6, 6.07) is 7.02. The molecule has 6 heteroatoms. The molecule has 1 aliphatic carbocycles. The molecular formula is C21H32N4O2. The molecule has 0 aromatic heterocycles. The summed E-state index contributed by atoms with van der Waals surface area (Å²) in [6.45, 7) is 7.04. The number of hydrogen-bond donors (Lipinski definition) is 4. The number of nitrogens with two attached hydrogens (primary N) is 1. The molecule has 0 spiro atoms. The predicted octanol–water partition coefficient (Wildman–Crippen LogP) is 1.63. The molecular weight excluding hydrogens is 340 g/mol. The number of ketones is 2. The van der Waals surface area contributed by atoms with E-state index in [2.05, 4.69) is 16.0 Å². The van der Waals surface area contributed by atoms with E-state index >= 15 is 0 Å². The van der Waals surface area contributed by atoms with Crippen LogP contribution in [0.1, 0.15) is 53.3 Å². The smallest absolute Gasteiger partial charge is 0.209 e. The van der Waals surface area contributed by atoms with E-state index in [1.54, 1.807) is 31.2 Å². The monoisotopic (exact) mass is 372 g/mol. The zero-order valence-corrected chi connectivity index (χ0v) is 16.3. The summed E-state index contributed by atoms with van der Waals surface area (Å²) < 4.78 is 0. The molecule has 0 heterocycles. The predicted molar refractivity (Wildman–Crippen MR) is 109 cm³/mol. The van der Waals surface area contributed by atoms with Gasteiger partial charge in [0.2, 0.25) is 5.78 Å². The first-order valence-corrected chi connectivity index (χ1v) is 9.91. The lowest BCUT2D eigenvalue weighted by atomic mass is 9.88. The number of allylic oxidation sites excluding steroid dienone is 2. The van der Waals surface area contributed by atoms with Gasteiger partial charge >= 0.3 is 0 Å². The van der Waals surface area contributed by atoms with E-state index in [-0.39, 0.29) is 11.6 Å². The fourth-order valence-corrected chi connectivity index (χ4v) is 3.12. The minimum absolute atomic E-state index is 0.0640. The number of rotatable bonds is 13. The summed E-state index contributed by atoms with van der Waals surface area (Å²) in [5.74, 6) is -0.149. The summed E-state index contributed by atoms with van der Waals surface area (Å²) in [6.07, 6.45) is 4.21. The van der Waals surface area contributed by atoms with Crippen molar-refractivity contribution in [3.8, 4) is 0 Å². The molecule has 6 nitrogen and oxygen atoms in total. The quantitative estimate of drug-likeness (QED) is 0.393. The molecule has 0 atom stereocenters. The van der Waals surface area contributed by atoms with Crippen LogP contribution in [0.25, 0.3) is 0 Å². The Morgan fingerprint density at radius 3 is 1.96 bits per heavy atom. The molecule has 0 unspecified atom stereocenters. The van der Waals surface area contributed by atoms with Crippen molar-refractivity contribution < 1.29 is 9.59 Å².